The van der Waals surface area contributed by atoms with Crippen LogP contribution in [0.2, 0.25) is 0 Å². The lowest BCUT2D eigenvalue weighted by atomic mass is 10.0. The van der Waals surface area contributed by atoms with Crippen molar-refractivity contribution in [3.05, 3.63) is 65.1 Å². The molecule has 11 heteroatoms. The summed E-state index contributed by atoms with van der Waals surface area (Å²) in [5.41, 5.74) is 6.68. The van der Waals surface area contributed by atoms with Gasteiger partial charge in [0.2, 0.25) is 0 Å². The summed E-state index contributed by atoms with van der Waals surface area (Å²) in [5.74, 6) is -1.43. The van der Waals surface area contributed by atoms with Crippen molar-refractivity contribution in [3.63, 3.8) is 0 Å². The van der Waals surface area contributed by atoms with Crippen LogP contribution in [0.25, 0.3) is 10.4 Å². The zero-order chi connectivity index (χ0) is 25.5. The number of rotatable bonds is 11. The van der Waals surface area contributed by atoms with E-state index >= 15 is 0 Å². The number of hydrogen-bond donors (Lipinski definition) is 5. The third-order valence-electron chi connectivity index (χ3n) is 5.06. The van der Waals surface area contributed by atoms with Gasteiger partial charge in [-0.1, -0.05) is 18.2 Å². The molecule has 3 aromatic rings. The molecular weight excluding hydrogens is 475 g/mol. The third-order valence-corrected chi connectivity index (χ3v) is 6.15. The second-order valence-corrected chi connectivity index (χ2v) is 8.91. The van der Waals surface area contributed by atoms with Gasteiger partial charge in [0.15, 0.2) is 0 Å². The number of nitrogens with zero attached hydrogens (tertiary/aromatic N) is 2. The number of pyridine rings is 1. The normalized spacial score (nSPS) is 11.8. The van der Waals surface area contributed by atoms with Crippen LogP contribution in [-0.4, -0.2) is 69.4 Å². The molecule has 2 heterocycles. The number of anilines is 2. The highest BCUT2D eigenvalue weighted by molar-refractivity contribution is 7.19. The number of carbonyl (C=O) groups is 2. The lowest BCUT2D eigenvalue weighted by molar-refractivity contribution is 0.0679. The van der Waals surface area contributed by atoms with Gasteiger partial charge >= 0.3 is 0 Å². The van der Waals surface area contributed by atoms with Gasteiger partial charge in [0, 0.05) is 23.5 Å². The fourth-order valence-electron chi connectivity index (χ4n) is 3.48. The fraction of sp³-hybridized carbons (Fsp3) is 0.292. The van der Waals surface area contributed by atoms with Crippen molar-refractivity contribution < 1.29 is 29.3 Å². The van der Waals surface area contributed by atoms with Gasteiger partial charge in [-0.15, -0.1) is 11.3 Å². The number of aliphatic hydroxyl groups is 3. The molecule has 9 nitrogen and oxygen atoms in total. The van der Waals surface area contributed by atoms with Crippen LogP contribution >= 0.6 is 11.3 Å². The van der Waals surface area contributed by atoms with Crippen molar-refractivity contribution in [2.45, 2.75) is 19.4 Å². The van der Waals surface area contributed by atoms with Gasteiger partial charge in [-0.05, 0) is 43.2 Å². The molecule has 2 amide bonds. The van der Waals surface area contributed by atoms with E-state index in [9.17, 15) is 29.3 Å². The molecular formula is C24H27FN4O5S. The van der Waals surface area contributed by atoms with E-state index in [2.05, 4.69) is 10.3 Å². The number of halogens is 1. The molecule has 0 aliphatic heterocycles. The number of primary amides is 1. The molecule has 0 bridgehead atoms. The number of benzene rings is 1. The van der Waals surface area contributed by atoms with Crippen molar-refractivity contribution in [1.29, 1.82) is 0 Å². The molecule has 186 valence electrons. The quantitative estimate of drug-likeness (QED) is 0.270. The Morgan fingerprint density at radius 1 is 1.17 bits per heavy atom. The standard InChI is InChI=1S/C24H27FN4O5S/c1-14(32)11-15-5-6-16(18(25)12-15)20-13-17(22(26)33)23(35-20)28-21-4-2-3-19(27-21)24(34)29(7-9-30)8-10-31/h2-6,12-14,30-32H,7-11H2,1H3,(H2,26,33)(H,27,28). The highest BCUT2D eigenvalue weighted by Gasteiger charge is 2.20. The van der Waals surface area contributed by atoms with Crippen molar-refractivity contribution >= 4 is 34.0 Å². The monoisotopic (exact) mass is 502 g/mol. The van der Waals surface area contributed by atoms with Crippen LogP contribution in [0.15, 0.2) is 42.5 Å². The van der Waals surface area contributed by atoms with Gasteiger partial charge in [0.1, 0.15) is 22.3 Å². The minimum atomic E-state index is -0.717. The first-order chi connectivity index (χ1) is 16.7. The van der Waals surface area contributed by atoms with E-state index < -0.39 is 23.7 Å². The Morgan fingerprint density at radius 3 is 2.49 bits per heavy atom. The summed E-state index contributed by atoms with van der Waals surface area (Å²) < 4.78 is 14.8. The Morgan fingerprint density at radius 2 is 1.89 bits per heavy atom. The van der Waals surface area contributed by atoms with Gasteiger partial charge in [0.05, 0.1) is 24.9 Å². The van der Waals surface area contributed by atoms with Crippen LogP contribution in [0.4, 0.5) is 15.2 Å². The van der Waals surface area contributed by atoms with Crippen LogP contribution in [-0.2, 0) is 6.42 Å². The maximum Gasteiger partial charge on any atom is 0.272 e. The van der Waals surface area contributed by atoms with E-state index in [0.717, 1.165) is 11.3 Å². The second kappa shape index (κ2) is 11.8. The third kappa shape index (κ3) is 6.61. The van der Waals surface area contributed by atoms with E-state index in [1.54, 1.807) is 31.2 Å². The predicted octanol–water partition coefficient (Wildman–Crippen LogP) is 2.14. The van der Waals surface area contributed by atoms with E-state index in [-0.39, 0.29) is 48.9 Å². The number of hydrogen-bond acceptors (Lipinski definition) is 8. The topological polar surface area (TPSA) is 149 Å². The number of aliphatic hydroxyl groups excluding tert-OH is 3. The Kier molecular flexibility index (Phi) is 8.88. The molecule has 0 fully saturated rings. The number of carbonyl (C=O) groups excluding carboxylic acids is 2. The molecule has 1 aromatic carbocycles. The maximum absolute atomic E-state index is 14.8. The summed E-state index contributed by atoms with van der Waals surface area (Å²) in [6.45, 7) is 1.18. The molecule has 3 rings (SSSR count). The summed E-state index contributed by atoms with van der Waals surface area (Å²) in [7, 11) is 0. The zero-order valence-electron chi connectivity index (χ0n) is 19.1. The van der Waals surface area contributed by atoms with Crippen LogP contribution < -0.4 is 11.1 Å². The summed E-state index contributed by atoms with van der Waals surface area (Å²) in [5, 5.41) is 31.2. The summed E-state index contributed by atoms with van der Waals surface area (Å²) in [6, 6.07) is 10.8. The minimum absolute atomic E-state index is 0.0421. The van der Waals surface area contributed by atoms with Crippen LogP contribution in [0.3, 0.4) is 0 Å². The summed E-state index contributed by atoms with van der Waals surface area (Å²) in [6.07, 6.45) is -0.288. The molecule has 0 saturated heterocycles. The molecule has 35 heavy (non-hydrogen) atoms. The molecule has 0 radical (unpaired) electrons. The van der Waals surface area contributed by atoms with Gasteiger partial charge < -0.3 is 31.3 Å². The molecule has 1 atom stereocenters. The first-order valence-corrected chi connectivity index (χ1v) is 11.7. The smallest absolute Gasteiger partial charge is 0.272 e. The summed E-state index contributed by atoms with van der Waals surface area (Å²) >= 11 is 1.10. The predicted molar refractivity (Wildman–Crippen MR) is 131 cm³/mol. The SMILES string of the molecule is CC(O)Cc1ccc(-c2cc(C(N)=O)c(Nc3cccc(C(=O)N(CCO)CCO)n3)s2)c(F)c1. The van der Waals surface area contributed by atoms with Crippen molar-refractivity contribution in [1.82, 2.24) is 9.88 Å². The zero-order valence-corrected chi connectivity index (χ0v) is 19.9. The highest BCUT2D eigenvalue weighted by atomic mass is 32.1. The van der Waals surface area contributed by atoms with Crippen LogP contribution in [0.5, 0.6) is 0 Å². The molecule has 0 spiro atoms. The number of nitrogens with one attached hydrogen (secondary N) is 1. The van der Waals surface area contributed by atoms with Crippen molar-refractivity contribution in [2.24, 2.45) is 5.73 Å². The lowest BCUT2D eigenvalue weighted by Gasteiger charge is -2.20. The molecule has 0 aliphatic carbocycles. The Balaban J connectivity index is 1.90. The number of thiophene rings is 1. The number of nitrogens with two attached hydrogens (primary N) is 1. The number of amides is 2. The Hall–Kier alpha value is -3.38. The summed E-state index contributed by atoms with van der Waals surface area (Å²) in [4.78, 5) is 30.8. The van der Waals surface area contributed by atoms with Crippen molar-refractivity contribution in [2.75, 3.05) is 31.6 Å². The average Bonchev–Trinajstić information content (AvgIpc) is 3.22. The van der Waals surface area contributed by atoms with Gasteiger partial charge in [0.25, 0.3) is 11.8 Å². The Labute approximate surface area is 205 Å². The van der Waals surface area contributed by atoms with Crippen LogP contribution in [0.1, 0.15) is 33.3 Å². The molecule has 2 aromatic heterocycles. The number of aromatic nitrogens is 1. The average molecular weight is 503 g/mol. The van der Waals surface area contributed by atoms with E-state index in [0.29, 0.717) is 21.9 Å². The fourth-order valence-corrected chi connectivity index (χ4v) is 4.58. The highest BCUT2D eigenvalue weighted by Crippen LogP contribution is 2.38. The molecule has 0 aliphatic rings. The van der Waals surface area contributed by atoms with E-state index in [1.165, 1.54) is 23.1 Å². The first-order valence-electron chi connectivity index (χ1n) is 10.9. The second-order valence-electron chi connectivity index (χ2n) is 7.86. The minimum Gasteiger partial charge on any atom is -0.395 e. The molecule has 0 saturated carbocycles. The Bertz CT molecular complexity index is 1190. The van der Waals surface area contributed by atoms with Gasteiger partial charge in [-0.3, -0.25) is 9.59 Å². The largest absolute Gasteiger partial charge is 0.395 e. The van der Waals surface area contributed by atoms with Crippen molar-refractivity contribution in [3.8, 4) is 10.4 Å². The van der Waals surface area contributed by atoms with Gasteiger partial charge in [-0.2, -0.15) is 0 Å². The maximum atomic E-state index is 14.8. The van der Waals surface area contributed by atoms with E-state index in [4.69, 9.17) is 5.73 Å². The first kappa shape index (κ1) is 26.2. The lowest BCUT2D eigenvalue weighted by Crippen LogP contribution is -2.36. The van der Waals surface area contributed by atoms with E-state index in [1.807, 2.05) is 0 Å². The molecule has 1 unspecified atom stereocenters. The molecule has 6 N–H and O–H groups in total. The van der Waals surface area contributed by atoms with Crippen LogP contribution in [0, 0.1) is 5.82 Å². The van der Waals surface area contributed by atoms with Gasteiger partial charge in [-0.25, -0.2) is 9.37 Å².